The second-order valence-corrected chi connectivity index (χ2v) is 7.36. The zero-order chi connectivity index (χ0) is 19.0. The number of hydrogen-bond acceptors (Lipinski definition) is 4. The van der Waals surface area contributed by atoms with Gasteiger partial charge in [-0.05, 0) is 38.7 Å². The molecule has 7 heteroatoms. The molecular formula is C19H26N4O3. The predicted octanol–water partition coefficient (Wildman–Crippen LogP) is 2.89. The minimum atomic E-state index is -0.776. The summed E-state index contributed by atoms with van der Waals surface area (Å²) in [7, 11) is 0. The van der Waals surface area contributed by atoms with Crippen LogP contribution in [0.2, 0.25) is 0 Å². The van der Waals surface area contributed by atoms with Gasteiger partial charge in [0.1, 0.15) is 0 Å². The van der Waals surface area contributed by atoms with Crippen LogP contribution in [0.5, 0.6) is 0 Å². The molecule has 1 amide bonds. The third-order valence-electron chi connectivity index (χ3n) is 5.44. The largest absolute Gasteiger partial charge is 0.481 e. The summed E-state index contributed by atoms with van der Waals surface area (Å²) in [6.45, 7) is 8.86. The highest BCUT2D eigenvalue weighted by Gasteiger charge is 2.34. The van der Waals surface area contributed by atoms with E-state index < -0.39 is 5.97 Å². The molecule has 1 saturated heterocycles. The number of rotatable bonds is 4. The van der Waals surface area contributed by atoms with E-state index in [4.69, 9.17) is 0 Å². The maximum absolute atomic E-state index is 13.2. The maximum atomic E-state index is 13.2. The molecule has 0 aromatic carbocycles. The molecule has 1 N–H and O–H groups in total. The lowest BCUT2D eigenvalue weighted by Gasteiger charge is -2.35. The van der Waals surface area contributed by atoms with E-state index in [1.807, 2.05) is 18.5 Å². The minimum absolute atomic E-state index is 0.0635. The van der Waals surface area contributed by atoms with Gasteiger partial charge in [-0.3, -0.25) is 9.59 Å². The Morgan fingerprint density at radius 1 is 1.42 bits per heavy atom. The van der Waals surface area contributed by atoms with E-state index in [0.717, 1.165) is 23.1 Å². The molecule has 140 valence electrons. The highest BCUT2D eigenvalue weighted by Crippen LogP contribution is 2.27. The number of aryl methyl sites for hydroxylation is 1. The van der Waals surface area contributed by atoms with E-state index in [9.17, 15) is 14.7 Å². The van der Waals surface area contributed by atoms with Crippen molar-refractivity contribution in [3.05, 3.63) is 23.5 Å². The molecule has 3 atom stereocenters. The Bertz CT molecular complexity index is 845. The van der Waals surface area contributed by atoms with Crippen LogP contribution in [0, 0.1) is 18.8 Å². The minimum Gasteiger partial charge on any atom is -0.481 e. The molecular weight excluding hydrogens is 332 g/mol. The van der Waals surface area contributed by atoms with Gasteiger partial charge in [-0.25, -0.2) is 9.67 Å². The van der Waals surface area contributed by atoms with Gasteiger partial charge in [0.05, 0.1) is 29.1 Å². The molecule has 0 aliphatic carbocycles. The number of carboxylic acids is 1. The Hall–Kier alpha value is -2.44. The number of pyridine rings is 1. The van der Waals surface area contributed by atoms with E-state index in [1.54, 1.807) is 17.2 Å². The average Bonchev–Trinajstić information content (AvgIpc) is 3.02. The van der Waals surface area contributed by atoms with Gasteiger partial charge in [0, 0.05) is 18.8 Å². The van der Waals surface area contributed by atoms with Crippen molar-refractivity contribution in [2.24, 2.45) is 11.8 Å². The van der Waals surface area contributed by atoms with Gasteiger partial charge in [-0.15, -0.1) is 0 Å². The van der Waals surface area contributed by atoms with Crippen molar-refractivity contribution in [1.82, 2.24) is 19.7 Å². The molecule has 0 bridgehead atoms. The number of carboxylic acid groups (broad SMARTS) is 1. The first-order valence-corrected chi connectivity index (χ1v) is 9.20. The lowest BCUT2D eigenvalue weighted by molar-refractivity contribution is -0.145. The summed E-state index contributed by atoms with van der Waals surface area (Å²) < 4.78 is 1.87. The Labute approximate surface area is 153 Å². The number of likely N-dealkylation sites (tertiary alicyclic amines) is 1. The van der Waals surface area contributed by atoms with Crippen molar-refractivity contribution >= 4 is 22.9 Å². The first kappa shape index (κ1) is 18.4. The predicted molar refractivity (Wildman–Crippen MR) is 98.1 cm³/mol. The van der Waals surface area contributed by atoms with Crippen LogP contribution in [0.15, 0.2) is 12.3 Å². The zero-order valence-electron chi connectivity index (χ0n) is 15.8. The van der Waals surface area contributed by atoms with Crippen LogP contribution in [0.25, 0.3) is 11.0 Å². The van der Waals surface area contributed by atoms with Gasteiger partial charge in [0.15, 0.2) is 5.65 Å². The number of hydrogen-bond donors (Lipinski definition) is 1. The standard InChI is InChI=1S/C19H26N4O3/c1-5-13(4)23-17-16(9-20-23)15(8-12(3)21-17)18(24)22-7-6-14(19(25)26)11(2)10-22/h8-9,11,13-14H,5-7,10H2,1-4H3,(H,25,26). The van der Waals surface area contributed by atoms with Crippen LogP contribution in [-0.2, 0) is 4.79 Å². The number of aromatic nitrogens is 3. The van der Waals surface area contributed by atoms with Gasteiger partial charge < -0.3 is 10.0 Å². The Morgan fingerprint density at radius 2 is 2.15 bits per heavy atom. The van der Waals surface area contributed by atoms with Crippen molar-refractivity contribution in [2.45, 2.75) is 46.6 Å². The number of nitrogens with zero attached hydrogens (tertiary/aromatic N) is 4. The fourth-order valence-corrected chi connectivity index (χ4v) is 3.68. The lowest BCUT2D eigenvalue weighted by Crippen LogP contribution is -2.45. The van der Waals surface area contributed by atoms with Crippen LogP contribution >= 0.6 is 0 Å². The Morgan fingerprint density at radius 3 is 2.77 bits per heavy atom. The van der Waals surface area contributed by atoms with Gasteiger partial charge in [-0.2, -0.15) is 5.10 Å². The van der Waals surface area contributed by atoms with E-state index in [2.05, 4.69) is 23.9 Å². The first-order chi connectivity index (χ1) is 12.3. The highest BCUT2D eigenvalue weighted by molar-refractivity contribution is 6.05. The molecule has 0 radical (unpaired) electrons. The van der Waals surface area contributed by atoms with Crippen LogP contribution in [-0.4, -0.2) is 49.7 Å². The second-order valence-electron chi connectivity index (χ2n) is 7.36. The Kier molecular flexibility index (Phi) is 4.98. The topological polar surface area (TPSA) is 88.3 Å². The van der Waals surface area contributed by atoms with Crippen molar-refractivity contribution in [3.8, 4) is 0 Å². The van der Waals surface area contributed by atoms with Crippen LogP contribution in [0.1, 0.15) is 55.7 Å². The van der Waals surface area contributed by atoms with Crippen molar-refractivity contribution < 1.29 is 14.7 Å². The molecule has 3 rings (SSSR count). The van der Waals surface area contributed by atoms with E-state index in [1.165, 1.54) is 0 Å². The molecule has 1 fully saturated rings. The number of carbonyl (C=O) groups is 2. The molecule has 1 aliphatic heterocycles. The lowest BCUT2D eigenvalue weighted by atomic mass is 9.86. The fourth-order valence-electron chi connectivity index (χ4n) is 3.68. The molecule has 2 aromatic rings. The Balaban J connectivity index is 1.94. The van der Waals surface area contributed by atoms with Gasteiger partial charge >= 0.3 is 5.97 Å². The number of carbonyl (C=O) groups excluding carboxylic acids is 1. The number of fused-ring (bicyclic) bond motifs is 1. The molecule has 26 heavy (non-hydrogen) atoms. The van der Waals surface area contributed by atoms with Crippen molar-refractivity contribution in [3.63, 3.8) is 0 Å². The molecule has 0 saturated carbocycles. The third kappa shape index (κ3) is 3.18. The summed E-state index contributed by atoms with van der Waals surface area (Å²) in [4.78, 5) is 30.8. The number of aliphatic carboxylic acids is 1. The van der Waals surface area contributed by atoms with E-state index >= 15 is 0 Å². The molecule has 7 nitrogen and oxygen atoms in total. The van der Waals surface area contributed by atoms with Crippen LogP contribution < -0.4 is 0 Å². The number of piperidine rings is 1. The zero-order valence-corrected chi connectivity index (χ0v) is 15.8. The molecule has 2 aromatic heterocycles. The average molecular weight is 358 g/mol. The summed E-state index contributed by atoms with van der Waals surface area (Å²) in [6.07, 6.45) is 3.13. The highest BCUT2D eigenvalue weighted by atomic mass is 16.4. The maximum Gasteiger partial charge on any atom is 0.306 e. The summed E-state index contributed by atoms with van der Waals surface area (Å²) in [5, 5.41) is 14.5. The van der Waals surface area contributed by atoms with Crippen LogP contribution in [0.4, 0.5) is 0 Å². The fraction of sp³-hybridized carbons (Fsp3) is 0.579. The van der Waals surface area contributed by atoms with Crippen molar-refractivity contribution in [2.75, 3.05) is 13.1 Å². The van der Waals surface area contributed by atoms with Crippen LogP contribution in [0.3, 0.4) is 0 Å². The molecule has 3 unspecified atom stereocenters. The quantitative estimate of drug-likeness (QED) is 0.908. The SMILES string of the molecule is CCC(C)n1ncc2c(C(=O)N3CCC(C(=O)O)C(C)C3)cc(C)nc21. The van der Waals surface area contributed by atoms with Crippen molar-refractivity contribution in [1.29, 1.82) is 0 Å². The molecule has 0 spiro atoms. The van der Waals surface area contributed by atoms with Gasteiger partial charge in [-0.1, -0.05) is 13.8 Å². The monoisotopic (exact) mass is 358 g/mol. The van der Waals surface area contributed by atoms with Gasteiger partial charge in [0.2, 0.25) is 0 Å². The summed E-state index contributed by atoms with van der Waals surface area (Å²) in [5.74, 6) is -1.29. The van der Waals surface area contributed by atoms with Gasteiger partial charge in [0.25, 0.3) is 5.91 Å². The third-order valence-corrected chi connectivity index (χ3v) is 5.44. The second kappa shape index (κ2) is 7.05. The summed E-state index contributed by atoms with van der Waals surface area (Å²) >= 11 is 0. The molecule has 1 aliphatic rings. The molecule has 3 heterocycles. The number of amides is 1. The van der Waals surface area contributed by atoms with E-state index in [-0.39, 0.29) is 23.8 Å². The summed E-state index contributed by atoms with van der Waals surface area (Å²) in [6, 6.07) is 2.01. The normalized spacial score (nSPS) is 21.8. The van der Waals surface area contributed by atoms with E-state index in [0.29, 0.717) is 25.1 Å². The first-order valence-electron chi connectivity index (χ1n) is 9.20. The summed E-state index contributed by atoms with van der Waals surface area (Å²) in [5.41, 5.74) is 2.11. The smallest absolute Gasteiger partial charge is 0.306 e.